The lowest BCUT2D eigenvalue weighted by Gasteiger charge is -2.22. The molecular formula is C28H59NO3. The van der Waals surface area contributed by atoms with Crippen molar-refractivity contribution in [2.75, 3.05) is 19.6 Å². The van der Waals surface area contributed by atoms with Gasteiger partial charge >= 0.3 is 5.97 Å². The first-order valence-corrected chi connectivity index (χ1v) is 14.0. The van der Waals surface area contributed by atoms with Crippen molar-refractivity contribution in [1.82, 2.24) is 4.90 Å². The van der Waals surface area contributed by atoms with Crippen LogP contribution in [0.5, 0.6) is 0 Å². The van der Waals surface area contributed by atoms with Crippen LogP contribution in [0.25, 0.3) is 0 Å². The van der Waals surface area contributed by atoms with Gasteiger partial charge in [0.1, 0.15) is 0 Å². The second-order valence-electron chi connectivity index (χ2n) is 10.0. The van der Waals surface area contributed by atoms with Crippen LogP contribution in [0.3, 0.4) is 0 Å². The summed E-state index contributed by atoms with van der Waals surface area (Å²) in [6.45, 7) is 13.4. The molecule has 0 radical (unpaired) electrons. The van der Waals surface area contributed by atoms with Crippen molar-refractivity contribution in [3.8, 4) is 0 Å². The molecule has 0 amide bonds. The van der Waals surface area contributed by atoms with Gasteiger partial charge in [0, 0.05) is 0 Å². The van der Waals surface area contributed by atoms with E-state index in [1.54, 1.807) is 0 Å². The number of nitrogens with zero attached hydrogens (tertiary/aromatic N) is 1. The smallest absolute Gasteiger partial charge is 0.335 e. The van der Waals surface area contributed by atoms with Crippen molar-refractivity contribution in [3.63, 3.8) is 0 Å². The molecule has 0 atom stereocenters. The van der Waals surface area contributed by atoms with Crippen LogP contribution in [0, 0.1) is 0 Å². The molecule has 32 heavy (non-hydrogen) atoms. The van der Waals surface area contributed by atoms with Gasteiger partial charge in [0.15, 0.2) is 5.60 Å². The van der Waals surface area contributed by atoms with Crippen molar-refractivity contribution >= 4 is 5.97 Å². The van der Waals surface area contributed by atoms with Crippen LogP contribution in [0.1, 0.15) is 150 Å². The molecule has 0 unspecified atom stereocenters. The number of carboxylic acid groups (broad SMARTS) is 1. The third-order valence-corrected chi connectivity index (χ3v) is 6.01. The molecule has 0 aliphatic rings. The molecule has 0 aliphatic heterocycles. The van der Waals surface area contributed by atoms with Crippen LogP contribution in [-0.4, -0.2) is 46.3 Å². The van der Waals surface area contributed by atoms with Gasteiger partial charge in [-0.25, -0.2) is 4.79 Å². The van der Waals surface area contributed by atoms with E-state index in [1.165, 1.54) is 149 Å². The summed E-state index contributed by atoms with van der Waals surface area (Å²) in [6, 6.07) is 0. The Balaban J connectivity index is 0. The van der Waals surface area contributed by atoms with Gasteiger partial charge < -0.3 is 15.1 Å². The molecule has 0 aromatic carbocycles. The van der Waals surface area contributed by atoms with Crippen LogP contribution in [-0.2, 0) is 4.79 Å². The first-order valence-electron chi connectivity index (χ1n) is 14.0. The fraction of sp³-hybridized carbons (Fsp3) is 0.964. The predicted octanol–water partition coefficient (Wildman–Crippen LogP) is 8.21. The predicted molar refractivity (Wildman–Crippen MR) is 141 cm³/mol. The summed E-state index contributed by atoms with van der Waals surface area (Å²) in [5.41, 5.74) is -1.58. The molecule has 0 saturated carbocycles. The van der Waals surface area contributed by atoms with Crippen LogP contribution in [0.4, 0.5) is 0 Å². The lowest BCUT2D eigenvalue weighted by Crippen LogP contribution is -2.30. The zero-order chi connectivity index (χ0) is 24.5. The van der Waals surface area contributed by atoms with E-state index in [-0.39, 0.29) is 0 Å². The molecule has 0 aliphatic carbocycles. The van der Waals surface area contributed by atoms with Crippen molar-refractivity contribution < 1.29 is 15.0 Å². The van der Waals surface area contributed by atoms with E-state index >= 15 is 0 Å². The SMILES string of the molecule is CC(C)(O)C(=O)O.CCCCCCCCN(CCCCCCCC)CCCCCCCC. The average molecular weight is 458 g/mol. The van der Waals surface area contributed by atoms with Crippen molar-refractivity contribution in [3.05, 3.63) is 0 Å². The van der Waals surface area contributed by atoms with Crippen molar-refractivity contribution in [1.29, 1.82) is 0 Å². The largest absolute Gasteiger partial charge is 0.479 e. The van der Waals surface area contributed by atoms with Gasteiger partial charge in [0.05, 0.1) is 0 Å². The Labute approximate surface area is 201 Å². The van der Waals surface area contributed by atoms with Gasteiger partial charge in [-0.3, -0.25) is 0 Å². The van der Waals surface area contributed by atoms with Gasteiger partial charge in [0.25, 0.3) is 0 Å². The Kier molecular flexibility index (Phi) is 26.2. The number of hydrogen-bond acceptors (Lipinski definition) is 3. The van der Waals surface area contributed by atoms with Gasteiger partial charge in [0.2, 0.25) is 0 Å². The Morgan fingerprint density at radius 2 is 0.781 bits per heavy atom. The summed E-state index contributed by atoms with van der Waals surface area (Å²) < 4.78 is 0. The van der Waals surface area contributed by atoms with E-state index in [2.05, 4.69) is 25.7 Å². The van der Waals surface area contributed by atoms with Gasteiger partial charge in [-0.05, 0) is 52.7 Å². The standard InChI is InChI=1S/C24H51N.C4H8O3/c1-4-7-10-13-16-19-22-25(23-20-17-14-11-8-5-2)24-21-18-15-12-9-6-3;1-4(2,7)3(5)6/h4-24H2,1-3H3;7H,1-2H3,(H,5,6). The average Bonchev–Trinajstić information content (AvgIpc) is 2.74. The molecule has 0 bridgehead atoms. The van der Waals surface area contributed by atoms with E-state index in [0.717, 1.165) is 0 Å². The number of rotatable bonds is 22. The Bertz CT molecular complexity index is 341. The first-order chi connectivity index (χ1) is 15.3. The molecule has 0 fully saturated rings. The zero-order valence-electron chi connectivity index (χ0n) is 22.6. The normalized spacial score (nSPS) is 11.5. The molecule has 0 saturated heterocycles. The lowest BCUT2D eigenvalue weighted by atomic mass is 10.1. The Hall–Kier alpha value is -0.610. The first kappa shape index (κ1) is 33.6. The lowest BCUT2D eigenvalue weighted by molar-refractivity contribution is -0.154. The molecule has 0 aromatic heterocycles. The summed E-state index contributed by atoms with van der Waals surface area (Å²) in [5, 5.41) is 16.5. The monoisotopic (exact) mass is 457 g/mol. The third kappa shape index (κ3) is 27.4. The van der Waals surface area contributed by atoms with Crippen molar-refractivity contribution in [2.24, 2.45) is 0 Å². The maximum Gasteiger partial charge on any atom is 0.335 e. The number of unbranched alkanes of at least 4 members (excludes halogenated alkanes) is 15. The summed E-state index contributed by atoms with van der Waals surface area (Å²) in [6.07, 6.45) is 25.7. The van der Waals surface area contributed by atoms with E-state index in [4.69, 9.17) is 10.2 Å². The molecule has 0 rings (SSSR count). The van der Waals surface area contributed by atoms with E-state index in [0.29, 0.717) is 0 Å². The van der Waals surface area contributed by atoms with Gasteiger partial charge in [-0.2, -0.15) is 0 Å². The Morgan fingerprint density at radius 3 is 1.00 bits per heavy atom. The molecule has 4 nitrogen and oxygen atoms in total. The molecule has 2 N–H and O–H groups in total. The molecular weight excluding hydrogens is 398 g/mol. The fourth-order valence-electron chi connectivity index (χ4n) is 3.68. The highest BCUT2D eigenvalue weighted by molar-refractivity contribution is 5.75. The molecule has 194 valence electrons. The summed E-state index contributed by atoms with van der Waals surface area (Å²) >= 11 is 0. The number of aliphatic carboxylic acids is 1. The second-order valence-corrected chi connectivity index (χ2v) is 10.0. The number of carboxylic acids is 1. The topological polar surface area (TPSA) is 60.8 Å². The minimum Gasteiger partial charge on any atom is -0.479 e. The summed E-state index contributed by atoms with van der Waals surface area (Å²) in [4.78, 5) is 12.6. The maximum absolute atomic E-state index is 9.77. The summed E-state index contributed by atoms with van der Waals surface area (Å²) in [5.74, 6) is -1.20. The number of carbonyl (C=O) groups is 1. The second kappa shape index (κ2) is 25.0. The van der Waals surface area contributed by atoms with Crippen LogP contribution >= 0.6 is 0 Å². The fourth-order valence-corrected chi connectivity index (χ4v) is 3.68. The number of aliphatic hydroxyl groups is 1. The highest BCUT2D eigenvalue weighted by Gasteiger charge is 2.21. The van der Waals surface area contributed by atoms with Gasteiger partial charge in [-0.1, -0.05) is 117 Å². The van der Waals surface area contributed by atoms with Gasteiger partial charge in [-0.15, -0.1) is 0 Å². The highest BCUT2D eigenvalue weighted by Crippen LogP contribution is 2.11. The van der Waals surface area contributed by atoms with Crippen LogP contribution in [0.15, 0.2) is 0 Å². The molecule has 0 spiro atoms. The Morgan fingerprint density at radius 1 is 0.562 bits per heavy atom. The quantitative estimate of drug-likeness (QED) is 0.161. The summed E-state index contributed by atoms with van der Waals surface area (Å²) in [7, 11) is 0. The van der Waals surface area contributed by atoms with E-state index < -0.39 is 11.6 Å². The van der Waals surface area contributed by atoms with E-state index in [1.807, 2.05) is 0 Å². The molecule has 4 heteroatoms. The van der Waals surface area contributed by atoms with Crippen molar-refractivity contribution in [2.45, 2.75) is 156 Å². The molecule has 0 heterocycles. The molecule has 0 aromatic rings. The minimum atomic E-state index is -1.58. The zero-order valence-corrected chi connectivity index (χ0v) is 22.6. The number of hydrogen-bond donors (Lipinski definition) is 2. The van der Waals surface area contributed by atoms with Crippen LogP contribution < -0.4 is 0 Å². The van der Waals surface area contributed by atoms with E-state index in [9.17, 15) is 4.79 Å². The minimum absolute atomic E-state index is 1.20. The maximum atomic E-state index is 9.77. The highest BCUT2D eigenvalue weighted by atomic mass is 16.4. The van der Waals surface area contributed by atoms with Crippen LogP contribution in [0.2, 0.25) is 0 Å². The third-order valence-electron chi connectivity index (χ3n) is 6.01.